The van der Waals surface area contributed by atoms with Gasteiger partial charge in [0.25, 0.3) is 5.91 Å². The zero-order chi connectivity index (χ0) is 18.0. The van der Waals surface area contributed by atoms with Crippen molar-refractivity contribution >= 4 is 27.5 Å². The number of hydrogen-bond acceptors (Lipinski definition) is 4. The molecule has 0 spiro atoms. The minimum atomic E-state index is -3.74. The van der Waals surface area contributed by atoms with Gasteiger partial charge in [0.2, 0.25) is 10.0 Å². The Morgan fingerprint density at radius 2 is 1.92 bits per heavy atom. The Hall–Kier alpha value is -1.15. The summed E-state index contributed by atoms with van der Waals surface area (Å²) in [5.41, 5.74) is 0.366. The molecule has 25 heavy (non-hydrogen) atoms. The number of hydrogen-bond donors (Lipinski definition) is 0. The normalized spacial score (nSPS) is 22.8. The number of benzene rings is 1. The molecule has 2 heterocycles. The number of piperidine rings is 1. The molecule has 1 aromatic rings. The van der Waals surface area contributed by atoms with E-state index in [1.807, 2.05) is 11.8 Å². The molecule has 3 rings (SSSR count). The largest absolute Gasteiger partial charge is 0.379 e. The van der Waals surface area contributed by atoms with Crippen LogP contribution < -0.4 is 0 Å². The van der Waals surface area contributed by atoms with Gasteiger partial charge in [-0.15, -0.1) is 0 Å². The molecule has 2 fully saturated rings. The van der Waals surface area contributed by atoms with Crippen LogP contribution in [0.2, 0.25) is 5.02 Å². The number of morpholine rings is 1. The minimum Gasteiger partial charge on any atom is -0.379 e. The average Bonchev–Trinajstić information content (AvgIpc) is 2.62. The molecule has 2 aliphatic rings. The van der Waals surface area contributed by atoms with E-state index in [0.717, 1.165) is 19.3 Å². The van der Waals surface area contributed by atoms with Gasteiger partial charge in [-0.05, 0) is 44.4 Å². The predicted molar refractivity (Wildman–Crippen MR) is 95.4 cm³/mol. The number of ether oxygens (including phenoxy) is 1. The fourth-order valence-electron chi connectivity index (χ4n) is 3.33. The monoisotopic (exact) mass is 386 g/mol. The molecule has 0 unspecified atom stereocenters. The summed E-state index contributed by atoms with van der Waals surface area (Å²) in [6, 6.07) is 4.67. The third-order valence-electron chi connectivity index (χ3n) is 4.83. The van der Waals surface area contributed by atoms with Crippen LogP contribution in [0.25, 0.3) is 0 Å². The molecule has 0 bridgehead atoms. The van der Waals surface area contributed by atoms with Gasteiger partial charge in [-0.2, -0.15) is 4.31 Å². The van der Waals surface area contributed by atoms with Gasteiger partial charge in [-0.25, -0.2) is 8.42 Å². The van der Waals surface area contributed by atoms with E-state index in [0.29, 0.717) is 38.4 Å². The van der Waals surface area contributed by atoms with Crippen LogP contribution >= 0.6 is 11.6 Å². The van der Waals surface area contributed by atoms with Crippen molar-refractivity contribution in [2.24, 2.45) is 0 Å². The highest BCUT2D eigenvalue weighted by Crippen LogP contribution is 2.28. The highest BCUT2D eigenvalue weighted by Gasteiger charge is 2.30. The second kappa shape index (κ2) is 7.61. The van der Waals surface area contributed by atoms with Crippen molar-refractivity contribution in [3.63, 3.8) is 0 Å². The fraction of sp³-hybridized carbons (Fsp3) is 0.588. The van der Waals surface area contributed by atoms with Crippen molar-refractivity contribution in [1.82, 2.24) is 9.21 Å². The zero-order valence-corrected chi connectivity index (χ0v) is 15.9. The van der Waals surface area contributed by atoms with Gasteiger partial charge in [-0.1, -0.05) is 11.6 Å². The number of carbonyl (C=O) groups is 1. The SMILES string of the molecule is C[C@H]1CCCCN1C(=O)c1ccc(Cl)c(S(=O)(=O)N2CCOCC2)c1. The Morgan fingerprint density at radius 3 is 2.60 bits per heavy atom. The first-order valence-electron chi connectivity index (χ1n) is 8.59. The van der Waals surface area contributed by atoms with E-state index in [2.05, 4.69) is 0 Å². The third kappa shape index (κ3) is 3.84. The van der Waals surface area contributed by atoms with Crippen LogP contribution in [-0.2, 0) is 14.8 Å². The summed E-state index contributed by atoms with van der Waals surface area (Å²) in [4.78, 5) is 14.6. The highest BCUT2D eigenvalue weighted by atomic mass is 35.5. The number of sulfonamides is 1. The van der Waals surface area contributed by atoms with Crippen molar-refractivity contribution < 1.29 is 17.9 Å². The van der Waals surface area contributed by atoms with Crippen molar-refractivity contribution in [2.45, 2.75) is 37.1 Å². The van der Waals surface area contributed by atoms with Crippen LogP contribution in [0.1, 0.15) is 36.5 Å². The van der Waals surface area contributed by atoms with Crippen LogP contribution in [0.3, 0.4) is 0 Å². The Balaban J connectivity index is 1.91. The molecule has 0 saturated carbocycles. The van der Waals surface area contributed by atoms with Gasteiger partial charge < -0.3 is 9.64 Å². The summed E-state index contributed by atoms with van der Waals surface area (Å²) >= 11 is 6.16. The second-order valence-corrected chi connectivity index (χ2v) is 8.82. The summed E-state index contributed by atoms with van der Waals surface area (Å²) < 4.78 is 32.3. The van der Waals surface area contributed by atoms with Gasteiger partial charge in [0.15, 0.2) is 0 Å². The van der Waals surface area contributed by atoms with Gasteiger partial charge in [0, 0.05) is 31.2 Å². The van der Waals surface area contributed by atoms with Crippen molar-refractivity contribution in [3.05, 3.63) is 28.8 Å². The topological polar surface area (TPSA) is 66.9 Å². The van der Waals surface area contributed by atoms with E-state index in [1.54, 1.807) is 6.07 Å². The average molecular weight is 387 g/mol. The lowest BCUT2D eigenvalue weighted by Crippen LogP contribution is -2.42. The molecule has 8 heteroatoms. The molecule has 1 amide bonds. The third-order valence-corrected chi connectivity index (χ3v) is 7.21. The molecule has 6 nitrogen and oxygen atoms in total. The van der Waals surface area contributed by atoms with Gasteiger partial charge in [0.05, 0.1) is 18.2 Å². The molecular formula is C17H23ClN2O4S. The number of carbonyl (C=O) groups excluding carboxylic acids is 1. The van der Waals surface area contributed by atoms with E-state index in [-0.39, 0.29) is 21.9 Å². The predicted octanol–water partition coefficient (Wildman–Crippen LogP) is 2.38. The lowest BCUT2D eigenvalue weighted by molar-refractivity contribution is 0.0635. The smallest absolute Gasteiger partial charge is 0.254 e. The molecule has 2 aliphatic heterocycles. The molecule has 1 atom stereocenters. The van der Waals surface area contributed by atoms with Crippen LogP contribution in [0.5, 0.6) is 0 Å². The van der Waals surface area contributed by atoms with Crippen molar-refractivity contribution in [1.29, 1.82) is 0 Å². The van der Waals surface area contributed by atoms with Gasteiger partial charge >= 0.3 is 0 Å². The van der Waals surface area contributed by atoms with Crippen LogP contribution in [0, 0.1) is 0 Å². The van der Waals surface area contributed by atoms with Crippen LogP contribution in [-0.4, -0.2) is 62.4 Å². The van der Waals surface area contributed by atoms with Crippen molar-refractivity contribution in [3.8, 4) is 0 Å². The van der Waals surface area contributed by atoms with Crippen LogP contribution in [0.15, 0.2) is 23.1 Å². The maximum atomic E-state index is 12.9. The molecule has 138 valence electrons. The maximum Gasteiger partial charge on any atom is 0.254 e. The van der Waals surface area contributed by atoms with Gasteiger partial charge in [0.1, 0.15) is 4.90 Å². The zero-order valence-electron chi connectivity index (χ0n) is 14.3. The Morgan fingerprint density at radius 1 is 1.20 bits per heavy atom. The summed E-state index contributed by atoms with van der Waals surface area (Å²) in [5.74, 6) is -0.137. The number of amides is 1. The fourth-order valence-corrected chi connectivity index (χ4v) is 5.23. The van der Waals surface area contributed by atoms with E-state index in [9.17, 15) is 13.2 Å². The summed E-state index contributed by atoms with van der Waals surface area (Å²) in [6.07, 6.45) is 3.06. The first-order chi connectivity index (χ1) is 11.9. The molecular weight excluding hydrogens is 364 g/mol. The Kier molecular flexibility index (Phi) is 5.68. The summed E-state index contributed by atoms with van der Waals surface area (Å²) in [5, 5.41) is 0.134. The second-order valence-electron chi connectivity index (χ2n) is 6.51. The highest BCUT2D eigenvalue weighted by molar-refractivity contribution is 7.89. The van der Waals surface area contributed by atoms with E-state index in [4.69, 9.17) is 16.3 Å². The standard InChI is InChI=1S/C17H23ClN2O4S/c1-13-4-2-3-7-20(13)17(21)14-5-6-15(18)16(12-14)25(22,23)19-8-10-24-11-9-19/h5-6,12-13H,2-4,7-11H2,1H3/t13-/m0/s1. The summed E-state index contributed by atoms with van der Waals surface area (Å²) in [6.45, 7) is 4.04. The maximum absolute atomic E-state index is 12.9. The molecule has 0 N–H and O–H groups in total. The molecule has 2 saturated heterocycles. The number of nitrogens with zero attached hydrogens (tertiary/aromatic N) is 2. The number of halogens is 1. The summed E-state index contributed by atoms with van der Waals surface area (Å²) in [7, 11) is -3.74. The molecule has 0 aliphatic carbocycles. The lowest BCUT2D eigenvalue weighted by Gasteiger charge is -2.33. The van der Waals surface area contributed by atoms with E-state index in [1.165, 1.54) is 16.4 Å². The van der Waals surface area contributed by atoms with Crippen molar-refractivity contribution in [2.75, 3.05) is 32.8 Å². The first kappa shape index (κ1) is 18.6. The number of rotatable bonds is 3. The minimum absolute atomic E-state index is 0.00780. The van der Waals surface area contributed by atoms with E-state index < -0.39 is 10.0 Å². The van der Waals surface area contributed by atoms with Gasteiger partial charge in [-0.3, -0.25) is 4.79 Å². The quantitative estimate of drug-likeness (QED) is 0.799. The Bertz CT molecular complexity index is 747. The Labute approximate surface area is 153 Å². The van der Waals surface area contributed by atoms with Crippen LogP contribution in [0.4, 0.5) is 0 Å². The number of likely N-dealkylation sites (tertiary alicyclic amines) is 1. The molecule has 0 aromatic heterocycles. The first-order valence-corrected chi connectivity index (χ1v) is 10.4. The lowest BCUT2D eigenvalue weighted by atomic mass is 10.0. The van der Waals surface area contributed by atoms with E-state index >= 15 is 0 Å². The molecule has 1 aromatic carbocycles. The molecule has 0 radical (unpaired) electrons.